The second kappa shape index (κ2) is 4.75. The third-order valence-corrected chi connectivity index (χ3v) is 2.80. The van der Waals surface area contributed by atoms with Gasteiger partial charge in [0.25, 0.3) is 0 Å². The van der Waals surface area contributed by atoms with Crippen LogP contribution in [0.15, 0.2) is 18.2 Å². The summed E-state index contributed by atoms with van der Waals surface area (Å²) in [5, 5.41) is 6.65. The number of benzene rings is 1. The first-order valence-electron chi connectivity index (χ1n) is 5.19. The highest BCUT2D eigenvalue weighted by Gasteiger charge is 2.09. The quantitative estimate of drug-likeness (QED) is 0.856. The Morgan fingerprint density at radius 2 is 2.18 bits per heavy atom. The fourth-order valence-corrected chi connectivity index (χ4v) is 1.83. The van der Waals surface area contributed by atoms with Gasteiger partial charge in [0, 0.05) is 12.0 Å². The van der Waals surface area contributed by atoms with Crippen molar-refractivity contribution in [1.29, 1.82) is 0 Å². The summed E-state index contributed by atoms with van der Waals surface area (Å²) < 4.78 is 28.6. The van der Waals surface area contributed by atoms with Gasteiger partial charge in [0.1, 0.15) is 17.5 Å². The van der Waals surface area contributed by atoms with Gasteiger partial charge in [-0.2, -0.15) is 5.10 Å². The number of aryl methyl sites for hydroxylation is 1. The van der Waals surface area contributed by atoms with E-state index in [4.69, 9.17) is 12.2 Å². The average Bonchev–Trinajstić information content (AvgIpc) is 2.65. The van der Waals surface area contributed by atoms with Crippen LogP contribution in [0.3, 0.4) is 0 Å². The number of halogens is 2. The van der Waals surface area contributed by atoms with Crippen LogP contribution in [-0.2, 0) is 13.0 Å². The van der Waals surface area contributed by atoms with Gasteiger partial charge in [0.05, 0.1) is 6.54 Å². The van der Waals surface area contributed by atoms with E-state index in [2.05, 4.69) is 10.2 Å². The molecule has 1 aromatic carbocycles. The SMILES string of the molecule is CCc1n[nH]c(=S)n1Cc1cc(F)ccc1F. The number of aromatic amines is 1. The molecule has 0 fully saturated rings. The minimum Gasteiger partial charge on any atom is -0.300 e. The van der Waals surface area contributed by atoms with E-state index in [0.717, 1.165) is 18.0 Å². The first-order chi connectivity index (χ1) is 8.11. The monoisotopic (exact) mass is 255 g/mol. The van der Waals surface area contributed by atoms with Gasteiger partial charge < -0.3 is 0 Å². The zero-order chi connectivity index (χ0) is 12.4. The van der Waals surface area contributed by atoms with Crippen LogP contribution in [0.25, 0.3) is 0 Å². The van der Waals surface area contributed by atoms with Gasteiger partial charge in [0.2, 0.25) is 0 Å². The lowest BCUT2D eigenvalue weighted by Crippen LogP contribution is -2.06. The zero-order valence-corrected chi connectivity index (χ0v) is 10.0. The van der Waals surface area contributed by atoms with Crippen LogP contribution < -0.4 is 0 Å². The fourth-order valence-electron chi connectivity index (χ4n) is 1.62. The summed E-state index contributed by atoms with van der Waals surface area (Å²) in [7, 11) is 0. The molecule has 0 atom stereocenters. The summed E-state index contributed by atoms with van der Waals surface area (Å²) >= 11 is 5.04. The molecule has 0 saturated heterocycles. The van der Waals surface area contributed by atoms with Crippen molar-refractivity contribution in [3.05, 3.63) is 46.0 Å². The Hall–Kier alpha value is -1.56. The second-order valence-corrected chi connectivity index (χ2v) is 4.01. The van der Waals surface area contributed by atoms with Gasteiger partial charge in [-0.25, -0.2) is 8.78 Å². The summed E-state index contributed by atoms with van der Waals surface area (Å²) in [5.74, 6) is -0.190. The maximum Gasteiger partial charge on any atom is 0.195 e. The van der Waals surface area contributed by atoms with E-state index in [1.54, 1.807) is 4.57 Å². The molecule has 0 unspecified atom stereocenters. The van der Waals surface area contributed by atoms with Crippen molar-refractivity contribution >= 4 is 12.2 Å². The normalized spacial score (nSPS) is 10.8. The summed E-state index contributed by atoms with van der Waals surface area (Å²) in [6.45, 7) is 2.10. The minimum atomic E-state index is -0.463. The van der Waals surface area contributed by atoms with Crippen molar-refractivity contribution in [3.8, 4) is 0 Å². The van der Waals surface area contributed by atoms with Crippen molar-refractivity contribution in [2.45, 2.75) is 19.9 Å². The smallest absolute Gasteiger partial charge is 0.195 e. The van der Waals surface area contributed by atoms with E-state index in [0.29, 0.717) is 11.2 Å². The predicted octanol–water partition coefficient (Wildman–Crippen LogP) is 2.83. The van der Waals surface area contributed by atoms with Crippen LogP contribution in [0.4, 0.5) is 8.78 Å². The minimum absolute atomic E-state index is 0.183. The lowest BCUT2D eigenvalue weighted by molar-refractivity contribution is 0.572. The lowest BCUT2D eigenvalue weighted by Gasteiger charge is -2.06. The van der Waals surface area contributed by atoms with E-state index in [1.807, 2.05) is 6.92 Å². The molecule has 0 bridgehead atoms. The Morgan fingerprint density at radius 3 is 2.88 bits per heavy atom. The van der Waals surface area contributed by atoms with Gasteiger partial charge in [-0.05, 0) is 30.4 Å². The molecule has 1 N–H and O–H groups in total. The van der Waals surface area contributed by atoms with Crippen molar-refractivity contribution in [3.63, 3.8) is 0 Å². The molecule has 3 nitrogen and oxygen atoms in total. The molecule has 2 rings (SSSR count). The Labute approximate surface area is 102 Å². The molecule has 0 aliphatic carbocycles. The number of rotatable bonds is 3. The molecule has 1 aromatic heterocycles. The zero-order valence-electron chi connectivity index (χ0n) is 9.20. The van der Waals surface area contributed by atoms with Gasteiger partial charge in [-0.1, -0.05) is 6.92 Å². The number of hydrogen-bond acceptors (Lipinski definition) is 2. The van der Waals surface area contributed by atoms with Gasteiger partial charge in [-0.15, -0.1) is 0 Å². The van der Waals surface area contributed by atoms with Crippen LogP contribution in [0.2, 0.25) is 0 Å². The lowest BCUT2D eigenvalue weighted by atomic mass is 10.2. The number of aromatic nitrogens is 3. The Morgan fingerprint density at radius 1 is 1.41 bits per heavy atom. The molecule has 0 saturated carbocycles. The molecular formula is C11H11F2N3S. The first kappa shape index (κ1) is 11.9. The Bertz CT molecular complexity index is 589. The highest BCUT2D eigenvalue weighted by Crippen LogP contribution is 2.12. The molecule has 0 radical (unpaired) electrons. The third kappa shape index (κ3) is 2.41. The van der Waals surface area contributed by atoms with Gasteiger partial charge in [-0.3, -0.25) is 9.67 Å². The molecule has 1 heterocycles. The summed E-state index contributed by atoms with van der Waals surface area (Å²) in [6.07, 6.45) is 0.671. The molecule has 90 valence electrons. The summed E-state index contributed by atoms with van der Waals surface area (Å²) in [5.41, 5.74) is 0.261. The molecule has 6 heteroatoms. The maximum atomic E-state index is 13.5. The van der Waals surface area contributed by atoms with E-state index in [9.17, 15) is 8.78 Å². The predicted molar refractivity (Wildman–Crippen MR) is 62.2 cm³/mol. The molecule has 0 amide bonds. The van der Waals surface area contributed by atoms with Crippen LogP contribution >= 0.6 is 12.2 Å². The molecule has 0 aliphatic rings. The molecule has 2 aromatic rings. The van der Waals surface area contributed by atoms with Crippen LogP contribution in [0.1, 0.15) is 18.3 Å². The van der Waals surface area contributed by atoms with Crippen LogP contribution in [0.5, 0.6) is 0 Å². The highest BCUT2D eigenvalue weighted by molar-refractivity contribution is 7.71. The second-order valence-electron chi connectivity index (χ2n) is 3.62. The third-order valence-electron chi connectivity index (χ3n) is 2.49. The van der Waals surface area contributed by atoms with Crippen LogP contribution in [0, 0.1) is 16.4 Å². The maximum absolute atomic E-state index is 13.5. The molecular weight excluding hydrogens is 244 g/mol. The average molecular weight is 255 g/mol. The Balaban J connectivity index is 2.40. The van der Waals surface area contributed by atoms with Gasteiger partial charge in [0.15, 0.2) is 4.77 Å². The van der Waals surface area contributed by atoms with E-state index in [-0.39, 0.29) is 12.1 Å². The topological polar surface area (TPSA) is 33.6 Å². The molecule has 0 aliphatic heterocycles. The van der Waals surface area contributed by atoms with Crippen LogP contribution in [-0.4, -0.2) is 14.8 Å². The standard InChI is InChI=1S/C11H11F2N3S/c1-2-10-14-15-11(17)16(10)6-7-5-8(12)3-4-9(7)13/h3-5H,2,6H2,1H3,(H,15,17). The number of nitrogens with one attached hydrogen (secondary N) is 1. The van der Waals surface area contributed by atoms with Gasteiger partial charge >= 0.3 is 0 Å². The summed E-state index contributed by atoms with van der Waals surface area (Å²) in [6, 6.07) is 3.37. The van der Waals surface area contributed by atoms with E-state index >= 15 is 0 Å². The Kier molecular flexibility index (Phi) is 3.33. The van der Waals surface area contributed by atoms with Crippen molar-refractivity contribution in [1.82, 2.24) is 14.8 Å². The molecule has 17 heavy (non-hydrogen) atoms. The summed E-state index contributed by atoms with van der Waals surface area (Å²) in [4.78, 5) is 0. The highest BCUT2D eigenvalue weighted by atomic mass is 32.1. The number of H-pyrrole nitrogens is 1. The van der Waals surface area contributed by atoms with Crippen molar-refractivity contribution < 1.29 is 8.78 Å². The number of nitrogens with zero attached hydrogens (tertiary/aromatic N) is 2. The van der Waals surface area contributed by atoms with E-state index in [1.165, 1.54) is 6.07 Å². The molecule has 0 spiro atoms. The van der Waals surface area contributed by atoms with Crippen molar-refractivity contribution in [2.75, 3.05) is 0 Å². The van der Waals surface area contributed by atoms with Crippen molar-refractivity contribution in [2.24, 2.45) is 0 Å². The van der Waals surface area contributed by atoms with E-state index < -0.39 is 11.6 Å². The number of hydrogen-bond donors (Lipinski definition) is 1. The first-order valence-corrected chi connectivity index (χ1v) is 5.60. The largest absolute Gasteiger partial charge is 0.300 e. The fraction of sp³-hybridized carbons (Fsp3) is 0.273.